The third-order valence-electron chi connectivity index (χ3n) is 2.93. The Labute approximate surface area is 112 Å². The minimum atomic E-state index is -0.857. The number of pyridine rings is 1. The Morgan fingerprint density at radius 3 is 2.47 bits per heavy atom. The number of carbonyl (C=O) groups is 1. The largest absolute Gasteiger partial charge is 0.480 e. The maximum absolute atomic E-state index is 11.5. The van der Waals surface area contributed by atoms with Gasteiger partial charge in [-0.2, -0.15) is 0 Å². The Kier molecular flexibility index (Phi) is 4.26. The molecule has 0 aliphatic rings. The van der Waals surface area contributed by atoms with E-state index >= 15 is 0 Å². The topological polar surface area (TPSA) is 53.4 Å². The molecule has 0 radical (unpaired) electrons. The van der Waals surface area contributed by atoms with Gasteiger partial charge in [-0.1, -0.05) is 36.4 Å². The zero-order chi connectivity index (χ0) is 13.7. The molecule has 0 saturated carbocycles. The second-order valence-corrected chi connectivity index (χ2v) is 4.39. The maximum Gasteiger partial charge on any atom is 0.325 e. The first kappa shape index (κ1) is 13.2. The number of rotatable bonds is 5. The number of carboxylic acid groups (broad SMARTS) is 1. The minimum Gasteiger partial charge on any atom is -0.480 e. The number of likely N-dealkylation sites (N-methyl/N-ethyl adjacent to an activating group) is 1. The molecule has 4 nitrogen and oxygen atoms in total. The van der Waals surface area contributed by atoms with E-state index in [1.807, 2.05) is 48.5 Å². The van der Waals surface area contributed by atoms with Crippen LogP contribution >= 0.6 is 0 Å². The Balaban J connectivity index is 2.18. The van der Waals surface area contributed by atoms with Crippen molar-refractivity contribution in [1.82, 2.24) is 9.88 Å². The molecule has 1 heterocycles. The van der Waals surface area contributed by atoms with Gasteiger partial charge in [0.25, 0.3) is 0 Å². The van der Waals surface area contributed by atoms with Crippen LogP contribution < -0.4 is 0 Å². The zero-order valence-electron chi connectivity index (χ0n) is 10.7. The number of carboxylic acids is 1. The lowest BCUT2D eigenvalue weighted by Crippen LogP contribution is -2.30. The van der Waals surface area contributed by atoms with Crippen molar-refractivity contribution in [2.45, 2.75) is 12.6 Å². The highest BCUT2D eigenvalue weighted by Gasteiger charge is 2.24. The van der Waals surface area contributed by atoms with Gasteiger partial charge in [-0.05, 0) is 24.7 Å². The van der Waals surface area contributed by atoms with Gasteiger partial charge >= 0.3 is 5.97 Å². The van der Waals surface area contributed by atoms with Crippen LogP contribution in [0.4, 0.5) is 0 Å². The Morgan fingerprint density at radius 1 is 1.21 bits per heavy atom. The van der Waals surface area contributed by atoms with Crippen LogP contribution in [0.25, 0.3) is 0 Å². The van der Waals surface area contributed by atoms with Crippen molar-refractivity contribution in [3.63, 3.8) is 0 Å². The summed E-state index contributed by atoms with van der Waals surface area (Å²) >= 11 is 0. The van der Waals surface area contributed by atoms with Crippen molar-refractivity contribution in [3.8, 4) is 0 Å². The summed E-state index contributed by atoms with van der Waals surface area (Å²) in [6, 6.07) is 14.2. The second kappa shape index (κ2) is 6.11. The van der Waals surface area contributed by atoms with E-state index in [1.165, 1.54) is 0 Å². The maximum atomic E-state index is 11.5. The van der Waals surface area contributed by atoms with Gasteiger partial charge in [0, 0.05) is 12.7 Å². The SMILES string of the molecule is CN(Cc1ccccn1)C(C(=O)O)c1ccccc1. The minimum absolute atomic E-state index is 0.493. The first-order valence-corrected chi connectivity index (χ1v) is 6.06. The highest BCUT2D eigenvalue weighted by atomic mass is 16.4. The number of hydrogen-bond acceptors (Lipinski definition) is 3. The lowest BCUT2D eigenvalue weighted by Gasteiger charge is -2.24. The summed E-state index contributed by atoms with van der Waals surface area (Å²) in [5.41, 5.74) is 1.63. The highest BCUT2D eigenvalue weighted by Crippen LogP contribution is 2.20. The average Bonchev–Trinajstić information content (AvgIpc) is 2.40. The van der Waals surface area contributed by atoms with Gasteiger partial charge in [0.2, 0.25) is 0 Å². The predicted molar refractivity (Wildman–Crippen MR) is 72.5 cm³/mol. The Morgan fingerprint density at radius 2 is 1.89 bits per heavy atom. The first-order valence-electron chi connectivity index (χ1n) is 6.06. The summed E-state index contributed by atoms with van der Waals surface area (Å²) in [5.74, 6) is -0.857. The van der Waals surface area contributed by atoms with E-state index in [9.17, 15) is 9.90 Å². The highest BCUT2D eigenvalue weighted by molar-refractivity contribution is 5.75. The van der Waals surface area contributed by atoms with Crippen LogP contribution in [0.5, 0.6) is 0 Å². The molecular weight excluding hydrogens is 240 g/mol. The monoisotopic (exact) mass is 256 g/mol. The van der Waals surface area contributed by atoms with Gasteiger partial charge in [0.1, 0.15) is 6.04 Å². The van der Waals surface area contributed by atoms with Gasteiger partial charge in [-0.15, -0.1) is 0 Å². The smallest absolute Gasteiger partial charge is 0.325 e. The summed E-state index contributed by atoms with van der Waals surface area (Å²) in [5, 5.41) is 9.41. The van der Waals surface area contributed by atoms with Crippen LogP contribution in [0, 0.1) is 0 Å². The summed E-state index contributed by atoms with van der Waals surface area (Å²) < 4.78 is 0. The van der Waals surface area contributed by atoms with E-state index in [-0.39, 0.29) is 0 Å². The van der Waals surface area contributed by atoms with Crippen molar-refractivity contribution < 1.29 is 9.90 Å². The number of aromatic nitrogens is 1. The molecule has 2 aromatic rings. The molecule has 1 aromatic carbocycles. The van der Waals surface area contributed by atoms with Crippen LogP contribution in [0.1, 0.15) is 17.3 Å². The molecule has 0 bridgehead atoms. The fourth-order valence-corrected chi connectivity index (χ4v) is 2.06. The predicted octanol–water partition coefficient (Wildman–Crippen LogP) is 2.34. The van der Waals surface area contributed by atoms with Crippen LogP contribution in [0.2, 0.25) is 0 Å². The summed E-state index contributed by atoms with van der Waals surface area (Å²) in [7, 11) is 1.79. The van der Waals surface area contributed by atoms with Crippen molar-refractivity contribution in [2.24, 2.45) is 0 Å². The number of benzene rings is 1. The van der Waals surface area contributed by atoms with E-state index < -0.39 is 12.0 Å². The molecule has 2 rings (SSSR count). The summed E-state index contributed by atoms with van der Waals surface area (Å²) in [6.07, 6.45) is 1.71. The van der Waals surface area contributed by atoms with Crippen LogP contribution in [-0.2, 0) is 11.3 Å². The zero-order valence-corrected chi connectivity index (χ0v) is 10.7. The standard InChI is InChI=1S/C15H16N2O2/c1-17(11-13-9-5-6-10-16-13)14(15(18)19)12-7-3-2-4-8-12/h2-10,14H,11H2,1H3,(H,18,19). The van der Waals surface area contributed by atoms with Crippen molar-refractivity contribution >= 4 is 5.97 Å². The van der Waals surface area contributed by atoms with Crippen LogP contribution in [-0.4, -0.2) is 28.0 Å². The van der Waals surface area contributed by atoms with Crippen LogP contribution in [0.15, 0.2) is 54.7 Å². The Hall–Kier alpha value is -2.20. The van der Waals surface area contributed by atoms with Gasteiger partial charge in [0.05, 0.1) is 5.69 Å². The molecule has 19 heavy (non-hydrogen) atoms. The normalized spacial score (nSPS) is 12.3. The average molecular weight is 256 g/mol. The van der Waals surface area contributed by atoms with E-state index in [4.69, 9.17) is 0 Å². The van der Waals surface area contributed by atoms with E-state index in [0.29, 0.717) is 6.54 Å². The number of hydrogen-bond donors (Lipinski definition) is 1. The van der Waals surface area contributed by atoms with Gasteiger partial charge in [-0.3, -0.25) is 14.7 Å². The molecule has 1 N–H and O–H groups in total. The molecule has 98 valence electrons. The lowest BCUT2D eigenvalue weighted by atomic mass is 10.1. The molecule has 0 saturated heterocycles. The van der Waals surface area contributed by atoms with Crippen molar-refractivity contribution in [3.05, 3.63) is 66.0 Å². The summed E-state index contributed by atoms with van der Waals surface area (Å²) in [6.45, 7) is 0.493. The van der Waals surface area contributed by atoms with Gasteiger partial charge in [-0.25, -0.2) is 0 Å². The molecule has 4 heteroatoms. The molecule has 0 aliphatic heterocycles. The van der Waals surface area contributed by atoms with Crippen molar-refractivity contribution in [1.29, 1.82) is 0 Å². The van der Waals surface area contributed by atoms with E-state index in [1.54, 1.807) is 18.1 Å². The van der Waals surface area contributed by atoms with Crippen LogP contribution in [0.3, 0.4) is 0 Å². The molecule has 1 atom stereocenters. The summed E-state index contributed by atoms with van der Waals surface area (Å²) in [4.78, 5) is 17.5. The second-order valence-electron chi connectivity index (χ2n) is 4.39. The van der Waals surface area contributed by atoms with Gasteiger partial charge in [0.15, 0.2) is 0 Å². The molecule has 0 fully saturated rings. The molecule has 1 aromatic heterocycles. The molecular formula is C15H16N2O2. The number of aliphatic carboxylic acids is 1. The molecule has 0 aliphatic carbocycles. The third-order valence-corrected chi connectivity index (χ3v) is 2.93. The lowest BCUT2D eigenvalue weighted by molar-refractivity contribution is -0.143. The first-order chi connectivity index (χ1) is 9.18. The van der Waals surface area contributed by atoms with E-state index in [0.717, 1.165) is 11.3 Å². The molecule has 1 unspecified atom stereocenters. The quantitative estimate of drug-likeness (QED) is 0.892. The van der Waals surface area contributed by atoms with E-state index in [2.05, 4.69) is 4.98 Å². The third kappa shape index (κ3) is 3.39. The van der Waals surface area contributed by atoms with Crippen molar-refractivity contribution in [2.75, 3.05) is 7.05 Å². The Bertz CT molecular complexity index is 528. The molecule has 0 spiro atoms. The molecule has 0 amide bonds. The number of nitrogens with zero attached hydrogens (tertiary/aromatic N) is 2. The fraction of sp³-hybridized carbons (Fsp3) is 0.200. The fourth-order valence-electron chi connectivity index (χ4n) is 2.06. The van der Waals surface area contributed by atoms with Gasteiger partial charge < -0.3 is 5.11 Å².